The Labute approximate surface area is 110 Å². The highest BCUT2D eigenvalue weighted by Gasteiger charge is 2.10. The van der Waals surface area contributed by atoms with E-state index >= 15 is 0 Å². The quantitative estimate of drug-likeness (QED) is 0.713. The molecule has 1 heterocycles. The monoisotopic (exact) mass is 282 g/mol. The Morgan fingerprint density at radius 1 is 1.42 bits per heavy atom. The Hall–Kier alpha value is -2.06. The Bertz CT molecular complexity index is 694. The number of sulfonamides is 1. The number of nitrogens with one attached hydrogen (secondary N) is 1. The molecule has 0 aliphatic heterocycles. The average molecular weight is 282 g/mol. The van der Waals surface area contributed by atoms with Gasteiger partial charge in [-0.25, -0.2) is 18.5 Å². The summed E-state index contributed by atoms with van der Waals surface area (Å²) in [5, 5.41) is 8.01. The Balaban J connectivity index is 2.20. The molecule has 0 bridgehead atoms. The molecule has 0 spiro atoms. The molecule has 5 N–H and O–H groups in total. The molecule has 2 rings (SSSR count). The highest BCUT2D eigenvalue weighted by molar-refractivity contribution is 7.89. The van der Waals surface area contributed by atoms with Crippen LogP contribution < -0.4 is 16.2 Å². The maximum Gasteiger partial charge on any atom is 0.238 e. The number of aryl methyl sites for hydroxylation is 1. The number of nitrogens with zero attached hydrogens (tertiary/aromatic N) is 1. The van der Waals surface area contributed by atoms with Crippen molar-refractivity contribution in [2.75, 3.05) is 11.1 Å². The highest BCUT2D eigenvalue weighted by atomic mass is 32.2. The molecular weight excluding hydrogens is 268 g/mol. The van der Waals surface area contributed by atoms with Gasteiger partial charge in [-0.2, -0.15) is 0 Å². The van der Waals surface area contributed by atoms with Crippen LogP contribution in [0.1, 0.15) is 11.7 Å². The fraction of sp³-hybridized carbons (Fsp3) is 0.182. The molecule has 2 aromatic rings. The van der Waals surface area contributed by atoms with Gasteiger partial charge >= 0.3 is 0 Å². The number of primary sulfonamides is 1. The van der Waals surface area contributed by atoms with E-state index in [1.807, 2.05) is 0 Å². The lowest BCUT2D eigenvalue weighted by molar-refractivity contribution is 0.479. The predicted molar refractivity (Wildman–Crippen MR) is 70.8 cm³/mol. The SMILES string of the molecule is Cc1cnc(CNc2cc(S(N)(=O)=O)ccc2N)o1. The van der Waals surface area contributed by atoms with E-state index in [9.17, 15) is 8.42 Å². The van der Waals surface area contributed by atoms with Gasteiger partial charge in [0.25, 0.3) is 0 Å². The van der Waals surface area contributed by atoms with Crippen molar-refractivity contribution in [3.63, 3.8) is 0 Å². The average Bonchev–Trinajstić information content (AvgIpc) is 2.72. The van der Waals surface area contributed by atoms with Crippen LogP contribution in [0.5, 0.6) is 0 Å². The second-order valence-electron chi connectivity index (χ2n) is 4.01. The van der Waals surface area contributed by atoms with Gasteiger partial charge in [-0.15, -0.1) is 0 Å². The molecule has 0 fully saturated rings. The van der Waals surface area contributed by atoms with Gasteiger partial charge in [0, 0.05) is 0 Å². The molecule has 0 aliphatic carbocycles. The zero-order valence-electron chi connectivity index (χ0n) is 10.3. The standard InChI is InChI=1S/C11H14N4O3S/c1-7-5-15-11(18-7)6-14-10-4-8(19(13,16)17)2-3-9(10)12/h2-5,14H,6,12H2,1H3,(H2,13,16,17). The van der Waals surface area contributed by atoms with Crippen molar-refractivity contribution in [3.8, 4) is 0 Å². The largest absolute Gasteiger partial charge is 0.444 e. The van der Waals surface area contributed by atoms with E-state index in [0.29, 0.717) is 29.6 Å². The molecule has 0 saturated carbocycles. The van der Waals surface area contributed by atoms with Gasteiger partial charge in [0.15, 0.2) is 0 Å². The zero-order chi connectivity index (χ0) is 14.0. The van der Waals surface area contributed by atoms with Crippen LogP contribution in [0, 0.1) is 6.92 Å². The number of anilines is 2. The van der Waals surface area contributed by atoms with Gasteiger partial charge in [0.1, 0.15) is 5.76 Å². The molecule has 0 unspecified atom stereocenters. The number of hydrogen-bond acceptors (Lipinski definition) is 6. The van der Waals surface area contributed by atoms with Gasteiger partial charge in [-0.3, -0.25) is 0 Å². The summed E-state index contributed by atoms with van der Waals surface area (Å²) in [6.07, 6.45) is 1.60. The smallest absolute Gasteiger partial charge is 0.238 e. The van der Waals surface area contributed by atoms with Crippen LogP contribution in [-0.2, 0) is 16.6 Å². The fourth-order valence-corrected chi connectivity index (χ4v) is 2.06. The van der Waals surface area contributed by atoms with Crippen molar-refractivity contribution >= 4 is 21.4 Å². The van der Waals surface area contributed by atoms with E-state index in [4.69, 9.17) is 15.3 Å². The number of oxazole rings is 1. The lowest BCUT2D eigenvalue weighted by Gasteiger charge is -2.09. The Morgan fingerprint density at radius 3 is 2.74 bits per heavy atom. The summed E-state index contributed by atoms with van der Waals surface area (Å²) in [4.78, 5) is 4.01. The molecule has 0 saturated heterocycles. The van der Waals surface area contributed by atoms with E-state index in [-0.39, 0.29) is 4.90 Å². The van der Waals surface area contributed by atoms with Crippen LogP contribution in [0.4, 0.5) is 11.4 Å². The highest BCUT2D eigenvalue weighted by Crippen LogP contribution is 2.22. The van der Waals surface area contributed by atoms with Crippen molar-refractivity contribution < 1.29 is 12.8 Å². The first-order valence-electron chi connectivity index (χ1n) is 5.44. The van der Waals surface area contributed by atoms with Crippen molar-refractivity contribution in [2.24, 2.45) is 5.14 Å². The van der Waals surface area contributed by atoms with Crippen molar-refractivity contribution in [2.45, 2.75) is 18.4 Å². The third-order valence-corrected chi connectivity index (χ3v) is 3.36. The minimum atomic E-state index is -3.76. The lowest BCUT2D eigenvalue weighted by Crippen LogP contribution is -2.13. The minimum Gasteiger partial charge on any atom is -0.444 e. The van der Waals surface area contributed by atoms with Crippen LogP contribution >= 0.6 is 0 Å². The third-order valence-electron chi connectivity index (χ3n) is 2.45. The molecule has 102 valence electrons. The summed E-state index contributed by atoms with van der Waals surface area (Å²) >= 11 is 0. The zero-order valence-corrected chi connectivity index (χ0v) is 11.1. The lowest BCUT2D eigenvalue weighted by atomic mass is 10.2. The number of hydrogen-bond donors (Lipinski definition) is 3. The summed E-state index contributed by atoms with van der Waals surface area (Å²) in [7, 11) is -3.76. The second-order valence-corrected chi connectivity index (χ2v) is 5.57. The minimum absolute atomic E-state index is 0.00668. The molecular formula is C11H14N4O3S. The van der Waals surface area contributed by atoms with Gasteiger partial charge in [-0.05, 0) is 25.1 Å². The number of aromatic nitrogens is 1. The molecule has 1 aromatic heterocycles. The third kappa shape index (κ3) is 3.24. The Morgan fingerprint density at radius 2 is 2.16 bits per heavy atom. The van der Waals surface area contributed by atoms with Crippen LogP contribution in [0.15, 0.2) is 33.7 Å². The molecule has 1 aromatic carbocycles. The molecule has 0 radical (unpaired) electrons. The fourth-order valence-electron chi connectivity index (χ4n) is 1.52. The van der Waals surface area contributed by atoms with Crippen LogP contribution in [0.3, 0.4) is 0 Å². The predicted octanol–water partition coefficient (Wildman–Crippen LogP) is 0.825. The van der Waals surface area contributed by atoms with Gasteiger partial charge in [0.05, 0.1) is 29.0 Å². The van der Waals surface area contributed by atoms with E-state index in [2.05, 4.69) is 10.3 Å². The summed E-state index contributed by atoms with van der Waals surface area (Å²) < 4.78 is 27.8. The summed E-state index contributed by atoms with van der Waals surface area (Å²) in [5.74, 6) is 1.18. The first kappa shape index (κ1) is 13.4. The van der Waals surface area contributed by atoms with E-state index in [0.717, 1.165) is 0 Å². The Kier molecular flexibility index (Phi) is 3.45. The van der Waals surface area contributed by atoms with Crippen LogP contribution in [0.25, 0.3) is 0 Å². The number of nitrogen functional groups attached to an aromatic ring is 1. The van der Waals surface area contributed by atoms with Crippen LogP contribution in [0.2, 0.25) is 0 Å². The molecule has 0 atom stereocenters. The van der Waals surface area contributed by atoms with Gasteiger partial charge < -0.3 is 15.5 Å². The molecule has 0 amide bonds. The van der Waals surface area contributed by atoms with E-state index in [1.54, 1.807) is 13.1 Å². The summed E-state index contributed by atoms with van der Waals surface area (Å²) in [6, 6.07) is 4.20. The van der Waals surface area contributed by atoms with Gasteiger partial charge in [0.2, 0.25) is 15.9 Å². The molecule has 19 heavy (non-hydrogen) atoms. The van der Waals surface area contributed by atoms with Gasteiger partial charge in [-0.1, -0.05) is 0 Å². The maximum absolute atomic E-state index is 11.3. The molecule has 7 nitrogen and oxygen atoms in total. The van der Waals surface area contributed by atoms with Crippen molar-refractivity contribution in [1.82, 2.24) is 4.98 Å². The molecule has 8 heteroatoms. The normalized spacial score (nSPS) is 11.5. The first-order chi connectivity index (χ1) is 8.86. The van der Waals surface area contributed by atoms with E-state index in [1.165, 1.54) is 18.2 Å². The molecule has 0 aliphatic rings. The number of nitrogens with two attached hydrogens (primary N) is 2. The first-order valence-corrected chi connectivity index (χ1v) is 6.98. The van der Waals surface area contributed by atoms with Crippen molar-refractivity contribution in [3.05, 3.63) is 36.0 Å². The number of rotatable bonds is 4. The van der Waals surface area contributed by atoms with Crippen molar-refractivity contribution in [1.29, 1.82) is 0 Å². The summed E-state index contributed by atoms with van der Waals surface area (Å²) in [6.45, 7) is 2.08. The topological polar surface area (TPSA) is 124 Å². The summed E-state index contributed by atoms with van der Waals surface area (Å²) in [5.41, 5.74) is 6.63. The van der Waals surface area contributed by atoms with E-state index < -0.39 is 10.0 Å². The second kappa shape index (κ2) is 4.90. The number of benzene rings is 1. The maximum atomic E-state index is 11.3. The van der Waals surface area contributed by atoms with Crippen LogP contribution in [-0.4, -0.2) is 13.4 Å².